The van der Waals surface area contributed by atoms with Crippen LogP contribution in [-0.2, 0) is 4.74 Å². The minimum atomic E-state index is -1.04. The summed E-state index contributed by atoms with van der Waals surface area (Å²) in [5.74, 6) is -1.74. The minimum absolute atomic E-state index is 0.101. The maximum Gasteiger partial charge on any atom is 0.418 e. The second-order valence-corrected chi connectivity index (χ2v) is 10.1. The summed E-state index contributed by atoms with van der Waals surface area (Å²) in [7, 11) is 0. The third kappa shape index (κ3) is 5.43. The molecule has 0 saturated carbocycles. The van der Waals surface area contributed by atoms with Gasteiger partial charge in [0.15, 0.2) is 11.6 Å². The lowest BCUT2D eigenvalue weighted by Crippen LogP contribution is -2.49. The van der Waals surface area contributed by atoms with Gasteiger partial charge < -0.3 is 19.9 Å². The molecule has 3 fully saturated rings. The predicted octanol–water partition coefficient (Wildman–Crippen LogP) is 4.42. The number of carbonyl (C=O) groups is 2. The van der Waals surface area contributed by atoms with Crippen molar-refractivity contribution in [2.24, 2.45) is 5.92 Å². The Balaban J connectivity index is 1.08. The first-order chi connectivity index (χ1) is 18.4. The van der Waals surface area contributed by atoms with E-state index in [4.69, 9.17) is 4.74 Å². The third-order valence-electron chi connectivity index (χ3n) is 7.96. The number of carbonyl (C=O) groups excluding carboxylic acids is 2. The number of hydrogen-bond donors (Lipinski definition) is 1. The molecule has 200 valence electrons. The van der Waals surface area contributed by atoms with Gasteiger partial charge in [-0.1, -0.05) is 18.2 Å². The molecule has 8 nitrogen and oxygen atoms in total. The Morgan fingerprint density at radius 1 is 1.03 bits per heavy atom. The molecule has 3 aliphatic rings. The fraction of sp³-hybridized carbons (Fsp3) is 0.464. The summed E-state index contributed by atoms with van der Waals surface area (Å²) in [5, 5.41) is 12.3. The van der Waals surface area contributed by atoms with E-state index in [1.54, 1.807) is 0 Å². The summed E-state index contributed by atoms with van der Waals surface area (Å²) in [6.45, 7) is 4.07. The van der Waals surface area contributed by atoms with Gasteiger partial charge in [-0.15, -0.1) is 0 Å². The standard InChI is InChI=1S/C28H31F2N5O3/c29-23-6-5-20(15-24(23)30)26-18-38-28(37)35(26)27(36)32-17-19-7-11-33(12-8-19)22-9-13-34(14-10-22)25-4-2-1-3-21(25)16-31/h1-6,15,19,22,26H,7-14,17-18H2,(H,32,36)/t26-/m1/s1. The molecule has 0 bridgehead atoms. The van der Waals surface area contributed by atoms with E-state index in [0.29, 0.717) is 23.7 Å². The van der Waals surface area contributed by atoms with E-state index in [1.807, 2.05) is 24.3 Å². The van der Waals surface area contributed by atoms with Gasteiger partial charge in [0.1, 0.15) is 18.7 Å². The molecule has 1 atom stereocenters. The number of anilines is 1. The van der Waals surface area contributed by atoms with Crippen molar-refractivity contribution in [2.75, 3.05) is 44.2 Å². The molecule has 3 amide bonds. The van der Waals surface area contributed by atoms with Crippen LogP contribution < -0.4 is 10.2 Å². The number of hydrogen-bond acceptors (Lipinski definition) is 6. The van der Waals surface area contributed by atoms with Crippen LogP contribution in [0.5, 0.6) is 0 Å². The molecule has 3 saturated heterocycles. The van der Waals surface area contributed by atoms with E-state index in [2.05, 4.69) is 21.2 Å². The zero-order valence-electron chi connectivity index (χ0n) is 21.1. The van der Waals surface area contributed by atoms with Crippen molar-refractivity contribution in [3.63, 3.8) is 0 Å². The number of imide groups is 1. The van der Waals surface area contributed by atoms with Crippen LogP contribution >= 0.6 is 0 Å². The Morgan fingerprint density at radius 2 is 1.76 bits per heavy atom. The van der Waals surface area contributed by atoms with Crippen molar-refractivity contribution in [1.82, 2.24) is 15.1 Å². The van der Waals surface area contributed by atoms with Crippen LogP contribution in [0.1, 0.15) is 42.9 Å². The van der Waals surface area contributed by atoms with E-state index in [-0.39, 0.29) is 12.5 Å². The zero-order valence-corrected chi connectivity index (χ0v) is 21.1. The molecule has 3 heterocycles. The largest absolute Gasteiger partial charge is 0.446 e. The van der Waals surface area contributed by atoms with Crippen molar-refractivity contribution < 1.29 is 23.1 Å². The average Bonchev–Trinajstić information content (AvgIpc) is 3.35. The van der Waals surface area contributed by atoms with Gasteiger partial charge in [-0.25, -0.2) is 23.3 Å². The van der Waals surface area contributed by atoms with E-state index < -0.39 is 29.8 Å². The molecule has 0 radical (unpaired) electrons. The maximum absolute atomic E-state index is 13.7. The highest BCUT2D eigenvalue weighted by Crippen LogP contribution is 2.30. The monoisotopic (exact) mass is 523 g/mol. The number of cyclic esters (lactones) is 1. The zero-order chi connectivity index (χ0) is 26.6. The number of rotatable bonds is 5. The van der Waals surface area contributed by atoms with E-state index in [9.17, 15) is 23.6 Å². The number of para-hydroxylation sites is 1. The fourth-order valence-corrected chi connectivity index (χ4v) is 5.77. The number of benzene rings is 2. The summed E-state index contributed by atoms with van der Waals surface area (Å²) >= 11 is 0. The van der Waals surface area contributed by atoms with E-state index in [1.165, 1.54) is 6.07 Å². The number of urea groups is 1. The van der Waals surface area contributed by atoms with Crippen LogP contribution in [-0.4, -0.2) is 67.3 Å². The summed E-state index contributed by atoms with van der Waals surface area (Å²) < 4.78 is 32.1. The Morgan fingerprint density at radius 3 is 2.47 bits per heavy atom. The van der Waals surface area contributed by atoms with Crippen LogP contribution in [0.15, 0.2) is 42.5 Å². The van der Waals surface area contributed by atoms with Crippen molar-refractivity contribution in [2.45, 2.75) is 37.8 Å². The van der Waals surface area contributed by atoms with E-state index >= 15 is 0 Å². The Labute approximate surface area is 220 Å². The van der Waals surface area contributed by atoms with Crippen molar-refractivity contribution in [3.8, 4) is 6.07 Å². The molecule has 2 aromatic rings. The van der Waals surface area contributed by atoms with Crippen molar-refractivity contribution in [3.05, 3.63) is 65.2 Å². The number of nitriles is 1. The molecule has 1 N–H and O–H groups in total. The molecule has 3 aliphatic heterocycles. The van der Waals surface area contributed by atoms with Gasteiger partial charge in [0.05, 0.1) is 11.3 Å². The fourth-order valence-electron chi connectivity index (χ4n) is 5.77. The third-order valence-corrected chi connectivity index (χ3v) is 7.96. The summed E-state index contributed by atoms with van der Waals surface area (Å²) in [6, 6.07) is 12.5. The van der Waals surface area contributed by atoms with Gasteiger partial charge in [0.2, 0.25) is 0 Å². The molecule has 2 aromatic carbocycles. The first kappa shape index (κ1) is 25.9. The second-order valence-electron chi connectivity index (χ2n) is 10.1. The van der Waals surface area contributed by atoms with Gasteiger partial charge in [-0.3, -0.25) is 0 Å². The van der Waals surface area contributed by atoms with Gasteiger partial charge in [0, 0.05) is 25.7 Å². The lowest BCUT2D eigenvalue weighted by Gasteiger charge is -2.42. The number of nitrogens with zero attached hydrogens (tertiary/aromatic N) is 4. The van der Waals surface area contributed by atoms with Gasteiger partial charge in [0.25, 0.3) is 0 Å². The van der Waals surface area contributed by atoms with Crippen LogP contribution in [0.3, 0.4) is 0 Å². The lowest BCUT2D eigenvalue weighted by atomic mass is 9.93. The topological polar surface area (TPSA) is 88.9 Å². The smallest absolute Gasteiger partial charge is 0.418 e. The molecule has 38 heavy (non-hydrogen) atoms. The highest BCUT2D eigenvalue weighted by atomic mass is 19.2. The second kappa shape index (κ2) is 11.4. The van der Waals surface area contributed by atoms with E-state index in [0.717, 1.165) is 74.6 Å². The van der Waals surface area contributed by atoms with Gasteiger partial charge in [-0.05, 0) is 74.5 Å². The molecule has 5 rings (SSSR count). The first-order valence-corrected chi connectivity index (χ1v) is 13.1. The summed E-state index contributed by atoms with van der Waals surface area (Å²) in [5.41, 5.74) is 2.03. The number of likely N-dealkylation sites (tertiary alicyclic amines) is 1. The van der Waals surface area contributed by atoms with Crippen molar-refractivity contribution >= 4 is 17.8 Å². The maximum atomic E-state index is 13.7. The first-order valence-electron chi connectivity index (χ1n) is 13.1. The number of halogens is 2. The van der Waals surface area contributed by atoms with Crippen LogP contribution in [0.2, 0.25) is 0 Å². The molecule has 0 aromatic heterocycles. The normalized spacial score (nSPS) is 21.3. The minimum Gasteiger partial charge on any atom is -0.446 e. The SMILES string of the molecule is N#Cc1ccccc1N1CCC(N2CCC(CNC(=O)N3C(=O)OC[C@@H]3c3ccc(F)c(F)c3)CC2)CC1. The predicted molar refractivity (Wildman–Crippen MR) is 136 cm³/mol. The number of amides is 3. The summed E-state index contributed by atoms with van der Waals surface area (Å²) in [6.07, 6.45) is 3.17. The lowest BCUT2D eigenvalue weighted by molar-refractivity contribution is 0.114. The van der Waals surface area contributed by atoms with Crippen LogP contribution in [0, 0.1) is 28.9 Å². The number of nitrogens with one attached hydrogen (secondary N) is 1. The number of ether oxygens (including phenoxy) is 1. The molecule has 0 unspecified atom stereocenters. The van der Waals surface area contributed by atoms with Gasteiger partial charge in [-0.2, -0.15) is 5.26 Å². The molecule has 0 aliphatic carbocycles. The quantitative estimate of drug-likeness (QED) is 0.624. The highest BCUT2D eigenvalue weighted by molar-refractivity contribution is 5.92. The van der Waals surface area contributed by atoms with Crippen LogP contribution in [0.25, 0.3) is 0 Å². The molecule has 10 heteroatoms. The van der Waals surface area contributed by atoms with Gasteiger partial charge >= 0.3 is 12.1 Å². The Kier molecular flexibility index (Phi) is 7.74. The molecular formula is C28H31F2N5O3. The summed E-state index contributed by atoms with van der Waals surface area (Å²) in [4.78, 5) is 30.8. The van der Waals surface area contributed by atoms with Crippen molar-refractivity contribution in [1.29, 1.82) is 5.26 Å². The van der Waals surface area contributed by atoms with Crippen LogP contribution in [0.4, 0.5) is 24.1 Å². The average molecular weight is 524 g/mol. The highest BCUT2D eigenvalue weighted by Gasteiger charge is 2.39. The molecule has 0 spiro atoms. The Bertz CT molecular complexity index is 1220. The molecular weight excluding hydrogens is 492 g/mol. The Hall–Kier alpha value is -3.71. The number of piperidine rings is 2.